The minimum atomic E-state index is -4.14. The van der Waals surface area contributed by atoms with Crippen molar-refractivity contribution in [1.29, 1.82) is 0 Å². The molecule has 1 N–H and O–H groups in total. The summed E-state index contributed by atoms with van der Waals surface area (Å²) in [5.74, 6) is 0.547. The number of ether oxygens (including phenoxy) is 1. The molecule has 0 aliphatic rings. The third kappa shape index (κ3) is 4.97. The molecule has 0 saturated heterocycles. The quantitative estimate of drug-likeness (QED) is 0.691. The molecule has 0 unspecified atom stereocenters. The number of hydrogen-bond acceptors (Lipinski definition) is 3. The summed E-state index contributed by atoms with van der Waals surface area (Å²) < 4.78 is 36.0. The summed E-state index contributed by atoms with van der Waals surface area (Å²) >= 11 is 0. The Morgan fingerprint density at radius 3 is 2.05 bits per heavy atom. The molecule has 1 radical (unpaired) electrons. The van der Waals surface area contributed by atoms with Gasteiger partial charge < -0.3 is 4.74 Å². The smallest absolute Gasteiger partial charge is 0.294 e. The summed E-state index contributed by atoms with van der Waals surface area (Å²) in [7, 11) is -4.14. The van der Waals surface area contributed by atoms with Crippen LogP contribution >= 0.6 is 0 Å². The van der Waals surface area contributed by atoms with Gasteiger partial charge in [-0.25, -0.2) is 0 Å². The van der Waals surface area contributed by atoms with Crippen LogP contribution in [0.5, 0.6) is 5.75 Å². The van der Waals surface area contributed by atoms with E-state index in [1.165, 1.54) is 24.3 Å². The van der Waals surface area contributed by atoms with Crippen LogP contribution in [0.2, 0.25) is 0 Å². The normalized spacial score (nSPS) is 10.6. The van der Waals surface area contributed by atoms with Gasteiger partial charge in [0.05, 0.1) is 4.90 Å². The summed E-state index contributed by atoms with van der Waals surface area (Å²) in [6.45, 7) is 0.409. The minimum Gasteiger partial charge on any atom is -0.489 e. The van der Waals surface area contributed by atoms with Crippen LogP contribution in [0, 0.1) is 0 Å². The molecule has 0 saturated carbocycles. The van der Waals surface area contributed by atoms with E-state index in [1.807, 2.05) is 30.3 Å². The van der Waals surface area contributed by atoms with Gasteiger partial charge in [0.15, 0.2) is 0 Å². The van der Waals surface area contributed by atoms with Gasteiger partial charge in [0.2, 0.25) is 0 Å². The maximum atomic E-state index is 10.8. The minimum absolute atomic E-state index is 0. The van der Waals surface area contributed by atoms with Crippen molar-refractivity contribution in [2.45, 2.75) is 11.5 Å². The third-order valence-corrected chi connectivity index (χ3v) is 3.24. The molecule has 0 amide bonds. The van der Waals surface area contributed by atoms with Crippen molar-refractivity contribution in [3.8, 4) is 5.75 Å². The Morgan fingerprint density at radius 2 is 1.53 bits per heavy atom. The van der Waals surface area contributed by atoms with Gasteiger partial charge in [-0.15, -0.1) is 0 Å². The first kappa shape index (κ1) is 16.2. The molecule has 6 heteroatoms. The van der Waals surface area contributed by atoms with Crippen LogP contribution in [-0.2, 0) is 16.7 Å². The van der Waals surface area contributed by atoms with Crippen molar-refractivity contribution in [3.63, 3.8) is 0 Å². The zero-order chi connectivity index (χ0) is 13.0. The van der Waals surface area contributed by atoms with E-state index >= 15 is 0 Å². The van der Waals surface area contributed by atoms with Crippen LogP contribution in [-0.4, -0.2) is 42.5 Å². The fourth-order valence-corrected chi connectivity index (χ4v) is 1.93. The predicted molar refractivity (Wildman–Crippen MR) is 72.8 cm³/mol. The summed E-state index contributed by atoms with van der Waals surface area (Å²) in [5, 5.41) is 0. The zero-order valence-corrected chi connectivity index (χ0v) is 13.3. The maximum absolute atomic E-state index is 10.8. The van der Waals surface area contributed by atoms with E-state index in [0.717, 1.165) is 5.56 Å². The number of hydrogen-bond donors (Lipinski definition) is 1. The van der Waals surface area contributed by atoms with E-state index in [-0.39, 0.29) is 34.5 Å². The molecule has 2 rings (SSSR count). The van der Waals surface area contributed by atoms with E-state index in [0.29, 0.717) is 12.4 Å². The Hall–Kier alpha value is -0.850. The monoisotopic (exact) mass is 287 g/mol. The average molecular weight is 287 g/mol. The molecule has 2 aromatic carbocycles. The standard InChI is InChI=1S/C13H12O4S.Na/c14-18(15,16)13-8-6-12(7-9-13)17-10-11-4-2-1-3-5-11;/h1-9H,10H2,(H,14,15,16);. The molecule has 0 aliphatic carbocycles. The second-order valence-corrected chi connectivity index (χ2v) is 5.14. The maximum Gasteiger partial charge on any atom is 0.294 e. The Labute approximate surface area is 134 Å². The Morgan fingerprint density at radius 1 is 0.947 bits per heavy atom. The van der Waals surface area contributed by atoms with Gasteiger partial charge in [0, 0.05) is 29.6 Å². The Kier molecular flexibility index (Phi) is 6.03. The first-order chi connectivity index (χ1) is 8.55. The zero-order valence-electron chi connectivity index (χ0n) is 10.5. The van der Waals surface area contributed by atoms with Crippen molar-refractivity contribution in [2.24, 2.45) is 0 Å². The molecule has 0 atom stereocenters. The van der Waals surface area contributed by atoms with Gasteiger partial charge in [-0.05, 0) is 29.8 Å². The van der Waals surface area contributed by atoms with Crippen molar-refractivity contribution in [3.05, 3.63) is 60.2 Å². The molecule has 0 aliphatic heterocycles. The van der Waals surface area contributed by atoms with Gasteiger partial charge in [0.1, 0.15) is 12.4 Å². The second-order valence-electron chi connectivity index (χ2n) is 3.72. The summed E-state index contributed by atoms with van der Waals surface area (Å²) in [4.78, 5) is -0.144. The first-order valence-corrected chi connectivity index (χ1v) is 6.74. The van der Waals surface area contributed by atoms with Gasteiger partial charge in [-0.1, -0.05) is 30.3 Å². The summed E-state index contributed by atoms with van der Waals surface area (Å²) in [6, 6.07) is 15.2. The first-order valence-electron chi connectivity index (χ1n) is 5.30. The second kappa shape index (κ2) is 7.07. The SMILES string of the molecule is O=S(=O)(O)c1ccc(OCc2ccccc2)cc1.[Na]. The van der Waals surface area contributed by atoms with Crippen molar-refractivity contribution < 1.29 is 17.7 Å². The van der Waals surface area contributed by atoms with Crippen LogP contribution < -0.4 is 4.74 Å². The van der Waals surface area contributed by atoms with E-state index in [1.54, 1.807) is 0 Å². The van der Waals surface area contributed by atoms with Crippen LogP contribution in [0.1, 0.15) is 5.56 Å². The van der Waals surface area contributed by atoms with E-state index in [9.17, 15) is 8.42 Å². The largest absolute Gasteiger partial charge is 0.489 e. The molecule has 19 heavy (non-hydrogen) atoms. The fourth-order valence-electron chi connectivity index (χ4n) is 1.45. The van der Waals surface area contributed by atoms with Crippen molar-refractivity contribution in [1.82, 2.24) is 0 Å². The van der Waals surface area contributed by atoms with Crippen molar-refractivity contribution in [2.75, 3.05) is 0 Å². The van der Waals surface area contributed by atoms with Crippen molar-refractivity contribution >= 4 is 39.7 Å². The summed E-state index contributed by atoms with van der Waals surface area (Å²) in [6.07, 6.45) is 0. The van der Waals surface area contributed by atoms with Crippen LogP contribution in [0.25, 0.3) is 0 Å². The molecule has 0 fully saturated rings. The molecule has 0 bridgehead atoms. The fraction of sp³-hybridized carbons (Fsp3) is 0.0769. The average Bonchev–Trinajstić information content (AvgIpc) is 2.37. The topological polar surface area (TPSA) is 63.6 Å². The van der Waals surface area contributed by atoms with Crippen LogP contribution in [0.15, 0.2) is 59.5 Å². The summed E-state index contributed by atoms with van der Waals surface area (Å²) in [5.41, 5.74) is 1.02. The molecule has 2 aromatic rings. The van der Waals surface area contributed by atoms with Gasteiger partial charge in [-0.3, -0.25) is 4.55 Å². The third-order valence-electron chi connectivity index (χ3n) is 2.37. The van der Waals surface area contributed by atoms with Gasteiger partial charge >= 0.3 is 0 Å². The van der Waals surface area contributed by atoms with Crippen LogP contribution in [0.4, 0.5) is 0 Å². The molecule has 95 valence electrons. The predicted octanol–water partition coefficient (Wildman–Crippen LogP) is 2.13. The molecule has 0 aromatic heterocycles. The molecular weight excluding hydrogens is 275 g/mol. The van der Waals surface area contributed by atoms with E-state index in [2.05, 4.69) is 0 Å². The van der Waals surface area contributed by atoms with Gasteiger partial charge in [0.25, 0.3) is 10.1 Å². The number of benzene rings is 2. The molecular formula is C13H12NaO4S. The molecule has 0 heterocycles. The number of rotatable bonds is 4. The van der Waals surface area contributed by atoms with Gasteiger partial charge in [-0.2, -0.15) is 8.42 Å². The Bertz CT molecular complexity index is 609. The van der Waals surface area contributed by atoms with Crippen LogP contribution in [0.3, 0.4) is 0 Å². The Balaban J connectivity index is 0.00000180. The molecule has 0 spiro atoms. The van der Waals surface area contributed by atoms with E-state index < -0.39 is 10.1 Å². The van der Waals surface area contributed by atoms with E-state index in [4.69, 9.17) is 9.29 Å². The molecule has 4 nitrogen and oxygen atoms in total.